The zero-order valence-corrected chi connectivity index (χ0v) is 15.1. The summed E-state index contributed by atoms with van der Waals surface area (Å²) < 4.78 is 1.64. The highest BCUT2D eigenvalue weighted by Crippen LogP contribution is 2.24. The zero-order valence-electron chi connectivity index (χ0n) is 15.1. The molecule has 0 fully saturated rings. The van der Waals surface area contributed by atoms with Gasteiger partial charge >= 0.3 is 0 Å². The van der Waals surface area contributed by atoms with Gasteiger partial charge in [-0.2, -0.15) is 4.52 Å². The number of para-hydroxylation sites is 1. The van der Waals surface area contributed by atoms with Gasteiger partial charge in [0.1, 0.15) is 6.04 Å². The monoisotopic (exact) mass is 360 g/mol. The Morgan fingerprint density at radius 3 is 2.44 bits per heavy atom. The second-order valence-electron chi connectivity index (χ2n) is 6.76. The number of amides is 1. The van der Waals surface area contributed by atoms with Crippen LogP contribution in [0.2, 0.25) is 0 Å². The number of hydrogen-bond donors (Lipinski definition) is 2. The van der Waals surface area contributed by atoms with E-state index in [1.54, 1.807) is 4.52 Å². The van der Waals surface area contributed by atoms with Gasteiger partial charge in [-0.25, -0.2) is 9.97 Å². The number of primary amides is 1. The molecule has 0 bridgehead atoms. The van der Waals surface area contributed by atoms with Crippen molar-refractivity contribution in [3.8, 4) is 11.4 Å². The SMILES string of the molecule is CC(C)C(Nc1nc2ccccc2c2nc(-c3ccccc3)nn12)C(N)=O. The molecular weight excluding hydrogens is 340 g/mol. The number of carbonyl (C=O) groups excluding carboxylic acids is 1. The van der Waals surface area contributed by atoms with E-state index in [-0.39, 0.29) is 5.92 Å². The Bertz CT molecular complexity index is 1120. The van der Waals surface area contributed by atoms with Crippen molar-refractivity contribution >= 4 is 28.4 Å². The highest BCUT2D eigenvalue weighted by molar-refractivity contribution is 5.93. The number of fused-ring (bicyclic) bond motifs is 3. The Kier molecular flexibility index (Phi) is 4.19. The molecule has 0 aliphatic rings. The standard InChI is InChI=1S/C20H20N6O/c1-12(2)16(17(21)27)23-20-22-15-11-7-6-10-14(15)19-24-18(25-26(19)20)13-8-4-3-5-9-13/h3-12,16H,1-2H3,(H2,21,27)(H,22,23). The van der Waals surface area contributed by atoms with E-state index >= 15 is 0 Å². The van der Waals surface area contributed by atoms with Crippen molar-refractivity contribution in [2.75, 3.05) is 5.32 Å². The smallest absolute Gasteiger partial charge is 0.240 e. The Labute approximate surface area is 156 Å². The first-order chi connectivity index (χ1) is 13.0. The molecule has 4 rings (SSSR count). The van der Waals surface area contributed by atoms with Crippen LogP contribution in [0.3, 0.4) is 0 Å². The Balaban J connectivity index is 1.94. The van der Waals surface area contributed by atoms with Gasteiger partial charge < -0.3 is 11.1 Å². The molecule has 1 amide bonds. The molecule has 0 aliphatic heterocycles. The number of nitrogens with zero attached hydrogens (tertiary/aromatic N) is 4. The van der Waals surface area contributed by atoms with Crippen molar-refractivity contribution < 1.29 is 4.79 Å². The van der Waals surface area contributed by atoms with Gasteiger partial charge in [-0.15, -0.1) is 5.10 Å². The first-order valence-corrected chi connectivity index (χ1v) is 8.81. The summed E-state index contributed by atoms with van der Waals surface area (Å²) in [4.78, 5) is 21.2. The molecule has 1 unspecified atom stereocenters. The van der Waals surface area contributed by atoms with Crippen molar-refractivity contribution in [2.45, 2.75) is 19.9 Å². The fraction of sp³-hybridized carbons (Fsp3) is 0.200. The van der Waals surface area contributed by atoms with E-state index in [1.165, 1.54) is 0 Å². The van der Waals surface area contributed by atoms with Crippen LogP contribution in [0.25, 0.3) is 27.9 Å². The summed E-state index contributed by atoms with van der Waals surface area (Å²) in [6.07, 6.45) is 0. The van der Waals surface area contributed by atoms with Crippen molar-refractivity contribution in [3.05, 3.63) is 54.6 Å². The number of aromatic nitrogens is 4. The first kappa shape index (κ1) is 17.0. The molecule has 1 atom stereocenters. The number of carbonyl (C=O) groups is 1. The molecule has 0 aliphatic carbocycles. The van der Waals surface area contributed by atoms with Gasteiger partial charge in [-0.1, -0.05) is 56.3 Å². The van der Waals surface area contributed by atoms with E-state index in [1.807, 2.05) is 68.4 Å². The van der Waals surface area contributed by atoms with Crippen molar-refractivity contribution in [1.29, 1.82) is 0 Å². The number of nitrogens with one attached hydrogen (secondary N) is 1. The normalized spacial score (nSPS) is 12.6. The second kappa shape index (κ2) is 6.68. The van der Waals surface area contributed by atoms with Crippen LogP contribution in [0, 0.1) is 5.92 Å². The average molecular weight is 360 g/mol. The van der Waals surface area contributed by atoms with E-state index in [0.717, 1.165) is 16.5 Å². The summed E-state index contributed by atoms with van der Waals surface area (Å²) in [5, 5.41) is 8.67. The minimum absolute atomic E-state index is 0.00272. The van der Waals surface area contributed by atoms with Crippen molar-refractivity contribution in [2.24, 2.45) is 11.7 Å². The largest absolute Gasteiger partial charge is 0.368 e. The van der Waals surface area contributed by atoms with E-state index in [2.05, 4.69) is 15.4 Å². The minimum Gasteiger partial charge on any atom is -0.368 e. The minimum atomic E-state index is -0.564. The van der Waals surface area contributed by atoms with Crippen LogP contribution < -0.4 is 11.1 Å². The number of rotatable bonds is 5. The van der Waals surface area contributed by atoms with Crippen LogP contribution in [0.5, 0.6) is 0 Å². The summed E-state index contributed by atoms with van der Waals surface area (Å²) in [6, 6.07) is 16.9. The maximum atomic E-state index is 11.9. The maximum absolute atomic E-state index is 11.9. The summed E-state index contributed by atoms with van der Waals surface area (Å²) in [5.41, 5.74) is 7.92. The first-order valence-electron chi connectivity index (χ1n) is 8.81. The predicted molar refractivity (Wildman–Crippen MR) is 105 cm³/mol. The van der Waals surface area contributed by atoms with Gasteiger partial charge in [0.25, 0.3) is 0 Å². The van der Waals surface area contributed by atoms with Crippen LogP contribution in [0.1, 0.15) is 13.8 Å². The third-order valence-electron chi connectivity index (χ3n) is 4.47. The lowest BCUT2D eigenvalue weighted by atomic mass is 10.0. The summed E-state index contributed by atoms with van der Waals surface area (Å²) in [5.74, 6) is 0.604. The molecule has 0 saturated carbocycles. The molecule has 136 valence electrons. The highest BCUT2D eigenvalue weighted by Gasteiger charge is 2.22. The predicted octanol–water partition coefficient (Wildman–Crippen LogP) is 2.87. The molecule has 0 radical (unpaired) electrons. The third kappa shape index (κ3) is 3.08. The van der Waals surface area contributed by atoms with E-state index in [4.69, 9.17) is 10.7 Å². The van der Waals surface area contributed by atoms with Crippen LogP contribution in [-0.4, -0.2) is 31.5 Å². The van der Waals surface area contributed by atoms with Gasteiger partial charge in [0.15, 0.2) is 11.5 Å². The summed E-state index contributed by atoms with van der Waals surface area (Å²) >= 11 is 0. The topological polar surface area (TPSA) is 98.2 Å². The van der Waals surface area contributed by atoms with Gasteiger partial charge in [0, 0.05) is 10.9 Å². The number of hydrogen-bond acceptors (Lipinski definition) is 5. The number of anilines is 1. The zero-order chi connectivity index (χ0) is 19.0. The number of benzene rings is 2. The molecule has 0 saturated heterocycles. The van der Waals surface area contributed by atoms with Crippen LogP contribution in [-0.2, 0) is 4.79 Å². The van der Waals surface area contributed by atoms with Crippen molar-refractivity contribution in [1.82, 2.24) is 19.6 Å². The van der Waals surface area contributed by atoms with Crippen molar-refractivity contribution in [3.63, 3.8) is 0 Å². The fourth-order valence-corrected chi connectivity index (χ4v) is 3.06. The second-order valence-corrected chi connectivity index (χ2v) is 6.76. The molecule has 27 heavy (non-hydrogen) atoms. The van der Waals surface area contributed by atoms with Crippen LogP contribution >= 0.6 is 0 Å². The fourth-order valence-electron chi connectivity index (χ4n) is 3.06. The Morgan fingerprint density at radius 2 is 1.74 bits per heavy atom. The molecule has 7 heteroatoms. The molecule has 0 spiro atoms. The van der Waals surface area contributed by atoms with Gasteiger partial charge in [-0.3, -0.25) is 4.79 Å². The molecule has 4 aromatic rings. The van der Waals surface area contributed by atoms with Crippen LogP contribution in [0.4, 0.5) is 5.95 Å². The quantitative estimate of drug-likeness (QED) is 0.570. The van der Waals surface area contributed by atoms with Gasteiger partial charge in [0.05, 0.1) is 5.52 Å². The lowest BCUT2D eigenvalue weighted by Gasteiger charge is -2.19. The molecule has 2 aromatic heterocycles. The highest BCUT2D eigenvalue weighted by atomic mass is 16.1. The summed E-state index contributed by atoms with van der Waals surface area (Å²) in [6.45, 7) is 3.86. The van der Waals surface area contributed by atoms with Crippen LogP contribution in [0.15, 0.2) is 54.6 Å². The van der Waals surface area contributed by atoms with Gasteiger partial charge in [-0.05, 0) is 18.1 Å². The molecule has 7 nitrogen and oxygen atoms in total. The lowest BCUT2D eigenvalue weighted by molar-refractivity contribution is -0.119. The molecule has 2 aromatic carbocycles. The molecule has 3 N–H and O–H groups in total. The van der Waals surface area contributed by atoms with E-state index in [9.17, 15) is 4.79 Å². The van der Waals surface area contributed by atoms with E-state index in [0.29, 0.717) is 17.4 Å². The Morgan fingerprint density at radius 1 is 1.04 bits per heavy atom. The number of nitrogens with two attached hydrogens (primary N) is 1. The third-order valence-corrected chi connectivity index (χ3v) is 4.47. The maximum Gasteiger partial charge on any atom is 0.240 e. The van der Waals surface area contributed by atoms with E-state index < -0.39 is 11.9 Å². The molecular formula is C20H20N6O. The molecule has 2 heterocycles. The van der Waals surface area contributed by atoms with Gasteiger partial charge in [0.2, 0.25) is 11.9 Å². The average Bonchev–Trinajstić information content (AvgIpc) is 3.12. The lowest BCUT2D eigenvalue weighted by Crippen LogP contribution is -2.40. The Hall–Kier alpha value is -3.48. The summed E-state index contributed by atoms with van der Waals surface area (Å²) in [7, 11) is 0.